The van der Waals surface area contributed by atoms with Gasteiger partial charge in [-0.25, -0.2) is 12.8 Å². The highest BCUT2D eigenvalue weighted by atomic mass is 32.2. The molecule has 1 aliphatic rings. The topological polar surface area (TPSA) is 50.3 Å². The van der Waals surface area contributed by atoms with Crippen molar-refractivity contribution in [3.8, 4) is 0 Å². The Balaban J connectivity index is 1.89. The maximum Gasteiger partial charge on any atom is 0.151 e. The van der Waals surface area contributed by atoms with Crippen molar-refractivity contribution >= 4 is 21.4 Å². The summed E-state index contributed by atoms with van der Waals surface area (Å²) in [6.45, 7) is 3.94. The molecule has 2 heterocycles. The predicted octanol–water partition coefficient (Wildman–Crippen LogP) is 1.19. The first-order valence-electron chi connectivity index (χ1n) is 5.95. The minimum absolute atomic E-state index is 0.220. The molecular weight excluding hydrogens is 256 g/mol. The summed E-state index contributed by atoms with van der Waals surface area (Å²) in [6.07, 6.45) is 3.57. The molecule has 1 aromatic heterocycles. The smallest absolute Gasteiger partial charge is 0.151 e. The van der Waals surface area contributed by atoms with Crippen LogP contribution in [0.15, 0.2) is 12.3 Å². The number of hydrogen-bond donors (Lipinski definition) is 0. The molecule has 0 amide bonds. The maximum atomic E-state index is 11.5. The molecule has 1 atom stereocenters. The van der Waals surface area contributed by atoms with Crippen LogP contribution in [0.2, 0.25) is 0 Å². The second-order valence-corrected chi connectivity index (χ2v) is 7.56. The van der Waals surface area contributed by atoms with Crippen molar-refractivity contribution in [2.24, 2.45) is 0 Å². The lowest BCUT2D eigenvalue weighted by molar-refractivity contribution is 0.227. The van der Waals surface area contributed by atoms with Crippen LogP contribution >= 0.6 is 11.5 Å². The Morgan fingerprint density at radius 2 is 2.41 bits per heavy atom. The summed E-state index contributed by atoms with van der Waals surface area (Å²) >= 11 is 1.52. The number of sulfone groups is 1. The number of nitrogens with zero attached hydrogens (tertiary/aromatic N) is 2. The molecule has 6 heteroatoms. The predicted molar refractivity (Wildman–Crippen MR) is 70.1 cm³/mol. The zero-order chi connectivity index (χ0) is 12.3. The van der Waals surface area contributed by atoms with E-state index in [1.54, 1.807) is 0 Å². The van der Waals surface area contributed by atoms with Gasteiger partial charge in [0.2, 0.25) is 0 Å². The van der Waals surface area contributed by atoms with Gasteiger partial charge in [-0.3, -0.25) is 4.90 Å². The van der Waals surface area contributed by atoms with Gasteiger partial charge in [0.1, 0.15) is 0 Å². The molecule has 0 radical (unpaired) electrons. The zero-order valence-corrected chi connectivity index (χ0v) is 11.6. The van der Waals surface area contributed by atoms with Gasteiger partial charge >= 0.3 is 0 Å². The Labute approximate surface area is 107 Å². The number of aromatic nitrogens is 1. The Morgan fingerprint density at radius 3 is 2.94 bits per heavy atom. The van der Waals surface area contributed by atoms with Gasteiger partial charge in [0, 0.05) is 23.7 Å². The van der Waals surface area contributed by atoms with Crippen molar-refractivity contribution in [3.63, 3.8) is 0 Å². The van der Waals surface area contributed by atoms with Crippen molar-refractivity contribution in [2.75, 3.05) is 24.6 Å². The van der Waals surface area contributed by atoms with E-state index in [1.165, 1.54) is 16.4 Å². The normalized spacial score (nSPS) is 23.3. The van der Waals surface area contributed by atoms with Crippen LogP contribution in [0.1, 0.15) is 18.2 Å². The van der Waals surface area contributed by atoms with Crippen molar-refractivity contribution in [3.05, 3.63) is 17.1 Å². The zero-order valence-electron chi connectivity index (χ0n) is 10.0. The van der Waals surface area contributed by atoms with E-state index in [2.05, 4.69) is 16.2 Å². The highest BCUT2D eigenvalue weighted by Gasteiger charge is 2.31. The van der Waals surface area contributed by atoms with Crippen LogP contribution in [-0.4, -0.2) is 48.3 Å². The molecule has 96 valence electrons. The van der Waals surface area contributed by atoms with Gasteiger partial charge in [-0.05, 0) is 37.0 Å². The van der Waals surface area contributed by atoms with Crippen LogP contribution in [0, 0.1) is 0 Å². The van der Waals surface area contributed by atoms with Crippen molar-refractivity contribution in [2.45, 2.75) is 25.8 Å². The van der Waals surface area contributed by atoms with E-state index in [9.17, 15) is 8.42 Å². The van der Waals surface area contributed by atoms with Crippen LogP contribution in [0.3, 0.4) is 0 Å². The second kappa shape index (κ2) is 5.46. The fourth-order valence-corrected chi connectivity index (χ4v) is 4.61. The van der Waals surface area contributed by atoms with Crippen molar-refractivity contribution in [1.82, 2.24) is 9.27 Å². The third-order valence-electron chi connectivity index (χ3n) is 3.27. The molecule has 4 nitrogen and oxygen atoms in total. The van der Waals surface area contributed by atoms with Crippen molar-refractivity contribution in [1.29, 1.82) is 0 Å². The van der Waals surface area contributed by atoms with Crippen LogP contribution in [-0.2, 0) is 16.3 Å². The van der Waals surface area contributed by atoms with Crippen molar-refractivity contribution < 1.29 is 8.42 Å². The SMILES string of the molecule is CCN(CCc1ccns1)C1CCS(=O)(=O)C1. The highest BCUT2D eigenvalue weighted by molar-refractivity contribution is 7.91. The summed E-state index contributed by atoms with van der Waals surface area (Å²) < 4.78 is 27.0. The summed E-state index contributed by atoms with van der Waals surface area (Å²) in [5.41, 5.74) is 0. The minimum Gasteiger partial charge on any atom is -0.299 e. The number of rotatable bonds is 5. The molecule has 1 aromatic rings. The Bertz CT molecular complexity index is 442. The van der Waals surface area contributed by atoms with Gasteiger partial charge in [0.05, 0.1) is 11.5 Å². The van der Waals surface area contributed by atoms with Crippen LogP contribution in [0.4, 0.5) is 0 Å². The summed E-state index contributed by atoms with van der Waals surface area (Å²) in [6, 6.07) is 2.25. The van der Waals surface area contributed by atoms with Crippen LogP contribution in [0.25, 0.3) is 0 Å². The standard InChI is InChI=1S/C11H18N2O2S2/c1-2-13(7-4-11-3-6-12-16-11)10-5-8-17(14,15)9-10/h3,6,10H,2,4-5,7-9H2,1H3. The van der Waals surface area contributed by atoms with E-state index in [0.29, 0.717) is 11.5 Å². The number of hydrogen-bond acceptors (Lipinski definition) is 5. The van der Waals surface area contributed by atoms with E-state index < -0.39 is 9.84 Å². The lowest BCUT2D eigenvalue weighted by atomic mass is 10.2. The van der Waals surface area contributed by atoms with Gasteiger partial charge in [-0.2, -0.15) is 0 Å². The molecule has 0 aromatic carbocycles. The Morgan fingerprint density at radius 1 is 1.59 bits per heavy atom. The molecule has 0 saturated carbocycles. The Kier molecular flexibility index (Phi) is 4.17. The second-order valence-electron chi connectivity index (χ2n) is 4.41. The molecule has 0 bridgehead atoms. The van der Waals surface area contributed by atoms with Gasteiger partial charge in [-0.15, -0.1) is 0 Å². The first-order valence-corrected chi connectivity index (χ1v) is 8.54. The first-order chi connectivity index (χ1) is 8.11. The molecule has 1 fully saturated rings. The molecule has 1 aliphatic heterocycles. The average molecular weight is 274 g/mol. The lowest BCUT2D eigenvalue weighted by Crippen LogP contribution is -2.37. The maximum absolute atomic E-state index is 11.5. The monoisotopic (exact) mass is 274 g/mol. The Hall–Kier alpha value is -0.460. The van der Waals surface area contributed by atoms with Gasteiger partial charge in [0.25, 0.3) is 0 Å². The van der Waals surface area contributed by atoms with E-state index >= 15 is 0 Å². The summed E-state index contributed by atoms with van der Waals surface area (Å²) in [7, 11) is -2.77. The molecule has 0 spiro atoms. The van der Waals surface area contributed by atoms with E-state index in [-0.39, 0.29) is 6.04 Å². The van der Waals surface area contributed by atoms with E-state index in [0.717, 1.165) is 25.9 Å². The molecule has 2 rings (SSSR count). The average Bonchev–Trinajstić information content (AvgIpc) is 2.89. The molecule has 1 unspecified atom stereocenters. The quantitative estimate of drug-likeness (QED) is 0.809. The minimum atomic E-state index is -2.77. The fourth-order valence-electron chi connectivity index (χ4n) is 2.29. The van der Waals surface area contributed by atoms with Gasteiger partial charge < -0.3 is 0 Å². The van der Waals surface area contributed by atoms with E-state index in [4.69, 9.17) is 0 Å². The molecular formula is C11H18N2O2S2. The summed E-state index contributed by atoms with van der Waals surface area (Å²) in [5.74, 6) is 0.693. The van der Waals surface area contributed by atoms with Gasteiger partial charge in [0.15, 0.2) is 9.84 Å². The summed E-state index contributed by atoms with van der Waals surface area (Å²) in [4.78, 5) is 3.55. The fraction of sp³-hybridized carbons (Fsp3) is 0.727. The third-order valence-corrected chi connectivity index (χ3v) is 5.82. The molecule has 0 N–H and O–H groups in total. The highest BCUT2D eigenvalue weighted by Crippen LogP contribution is 2.18. The van der Waals surface area contributed by atoms with E-state index in [1.807, 2.05) is 12.3 Å². The van der Waals surface area contributed by atoms with Crippen LogP contribution < -0.4 is 0 Å². The first kappa shape index (κ1) is 13.0. The van der Waals surface area contributed by atoms with Crippen LogP contribution in [0.5, 0.6) is 0 Å². The largest absolute Gasteiger partial charge is 0.299 e. The molecule has 1 saturated heterocycles. The summed E-state index contributed by atoms with van der Waals surface area (Å²) in [5, 5.41) is 0. The third kappa shape index (κ3) is 3.50. The molecule has 0 aliphatic carbocycles. The number of likely N-dealkylation sites (N-methyl/N-ethyl adjacent to an activating group) is 1. The van der Waals surface area contributed by atoms with Gasteiger partial charge in [-0.1, -0.05) is 6.92 Å². The molecule has 17 heavy (non-hydrogen) atoms. The lowest BCUT2D eigenvalue weighted by Gasteiger charge is -2.26.